The zero-order valence-electron chi connectivity index (χ0n) is 13.9. The van der Waals surface area contributed by atoms with Crippen molar-refractivity contribution in [2.45, 2.75) is 20.3 Å². The highest BCUT2D eigenvalue weighted by Crippen LogP contribution is 2.12. The number of nitrogens with one attached hydrogen (secondary N) is 2. The highest BCUT2D eigenvalue weighted by Gasteiger charge is 2.03. The molecule has 3 nitrogen and oxygen atoms in total. The minimum atomic E-state index is 0.677. The monoisotopic (exact) mass is 327 g/mol. The van der Waals surface area contributed by atoms with Gasteiger partial charge in [0, 0.05) is 31.0 Å². The molecule has 0 aliphatic heterocycles. The Hall–Kier alpha value is -2.07. The van der Waals surface area contributed by atoms with Gasteiger partial charge in [0.1, 0.15) is 0 Å². The van der Waals surface area contributed by atoms with Crippen LogP contribution in [0.5, 0.6) is 0 Å². The van der Waals surface area contributed by atoms with Gasteiger partial charge in [-0.3, -0.25) is 0 Å². The lowest BCUT2D eigenvalue weighted by molar-refractivity contribution is 0.726. The maximum absolute atomic E-state index is 5.33. The average molecular weight is 327 g/mol. The first-order valence-corrected chi connectivity index (χ1v) is 8.51. The summed E-state index contributed by atoms with van der Waals surface area (Å²) in [6, 6.07) is 18.7. The molecular formula is C19H25N3S. The number of rotatable bonds is 7. The molecule has 0 aromatic heterocycles. The van der Waals surface area contributed by atoms with Crippen LogP contribution in [0.3, 0.4) is 0 Å². The number of benzene rings is 2. The van der Waals surface area contributed by atoms with Crippen LogP contribution in [0, 0.1) is 6.92 Å². The molecule has 23 heavy (non-hydrogen) atoms. The largest absolute Gasteiger partial charge is 0.372 e. The second-order valence-corrected chi connectivity index (χ2v) is 5.92. The van der Waals surface area contributed by atoms with Crippen molar-refractivity contribution >= 4 is 28.7 Å². The number of hydrogen-bond acceptors (Lipinski definition) is 2. The first-order valence-electron chi connectivity index (χ1n) is 8.10. The van der Waals surface area contributed by atoms with E-state index in [1.807, 2.05) is 18.2 Å². The van der Waals surface area contributed by atoms with Crippen molar-refractivity contribution in [1.29, 1.82) is 0 Å². The van der Waals surface area contributed by atoms with E-state index in [9.17, 15) is 0 Å². The van der Waals surface area contributed by atoms with E-state index >= 15 is 0 Å². The molecule has 0 bridgehead atoms. The van der Waals surface area contributed by atoms with E-state index in [1.54, 1.807) is 0 Å². The standard InChI is InChI=1S/C19H25N3S/c1-3-22(18-8-5-4-6-9-18)15-7-14-20-19(23)21-17-12-10-16(2)11-13-17/h4-6,8-13H,3,7,14-15H2,1-2H3,(H2,20,21,23). The molecule has 2 N–H and O–H groups in total. The van der Waals surface area contributed by atoms with Gasteiger partial charge in [0.2, 0.25) is 0 Å². The van der Waals surface area contributed by atoms with Gasteiger partial charge in [0.15, 0.2) is 5.11 Å². The minimum absolute atomic E-state index is 0.677. The van der Waals surface area contributed by atoms with Crippen LogP contribution in [0.4, 0.5) is 11.4 Å². The summed E-state index contributed by atoms with van der Waals surface area (Å²) in [6.07, 6.45) is 1.04. The maximum Gasteiger partial charge on any atom is 0.170 e. The zero-order valence-corrected chi connectivity index (χ0v) is 14.7. The van der Waals surface area contributed by atoms with Crippen molar-refractivity contribution in [2.75, 3.05) is 29.9 Å². The van der Waals surface area contributed by atoms with Crippen LogP contribution in [0.1, 0.15) is 18.9 Å². The fourth-order valence-corrected chi connectivity index (χ4v) is 2.61. The molecule has 0 heterocycles. The van der Waals surface area contributed by atoms with Crippen molar-refractivity contribution in [2.24, 2.45) is 0 Å². The van der Waals surface area contributed by atoms with Gasteiger partial charge in [-0.1, -0.05) is 35.9 Å². The van der Waals surface area contributed by atoms with E-state index in [1.165, 1.54) is 11.3 Å². The topological polar surface area (TPSA) is 27.3 Å². The van der Waals surface area contributed by atoms with Crippen molar-refractivity contribution < 1.29 is 0 Å². The summed E-state index contributed by atoms with van der Waals surface area (Å²) in [5, 5.41) is 7.16. The first kappa shape index (κ1) is 17.3. The van der Waals surface area contributed by atoms with E-state index in [0.29, 0.717) is 5.11 Å². The summed E-state index contributed by atoms with van der Waals surface area (Å²) >= 11 is 5.33. The number of nitrogens with zero attached hydrogens (tertiary/aromatic N) is 1. The van der Waals surface area contributed by atoms with E-state index < -0.39 is 0 Å². The molecule has 2 aromatic carbocycles. The molecule has 0 radical (unpaired) electrons. The van der Waals surface area contributed by atoms with Crippen molar-refractivity contribution in [1.82, 2.24) is 5.32 Å². The number of anilines is 2. The van der Waals surface area contributed by atoms with E-state index in [2.05, 4.69) is 65.8 Å². The molecule has 0 fully saturated rings. The molecular weight excluding hydrogens is 302 g/mol. The Morgan fingerprint density at radius 1 is 1.04 bits per heavy atom. The predicted molar refractivity (Wildman–Crippen MR) is 104 cm³/mol. The van der Waals surface area contributed by atoms with Crippen molar-refractivity contribution in [3.63, 3.8) is 0 Å². The Morgan fingerprint density at radius 2 is 1.74 bits per heavy atom. The second-order valence-electron chi connectivity index (χ2n) is 5.52. The van der Waals surface area contributed by atoms with Crippen LogP contribution in [0.2, 0.25) is 0 Å². The van der Waals surface area contributed by atoms with Crippen LogP contribution in [0.25, 0.3) is 0 Å². The molecule has 0 aliphatic rings. The second kappa shape index (κ2) is 9.16. The molecule has 2 rings (SSSR count). The number of hydrogen-bond donors (Lipinski definition) is 2. The highest BCUT2D eigenvalue weighted by atomic mass is 32.1. The Kier molecular flexibility index (Phi) is 6.88. The normalized spacial score (nSPS) is 10.2. The number of para-hydroxylation sites is 1. The van der Waals surface area contributed by atoms with E-state index in [-0.39, 0.29) is 0 Å². The van der Waals surface area contributed by atoms with Crippen molar-refractivity contribution in [3.8, 4) is 0 Å². The molecule has 0 saturated carbocycles. The fraction of sp³-hybridized carbons (Fsp3) is 0.316. The van der Waals surface area contributed by atoms with Crippen LogP contribution in [-0.4, -0.2) is 24.7 Å². The van der Waals surface area contributed by atoms with Crippen LogP contribution < -0.4 is 15.5 Å². The summed E-state index contributed by atoms with van der Waals surface area (Å²) in [5.74, 6) is 0. The average Bonchev–Trinajstić information content (AvgIpc) is 2.58. The molecule has 0 atom stereocenters. The third-order valence-electron chi connectivity index (χ3n) is 3.70. The van der Waals surface area contributed by atoms with Gasteiger partial charge in [0.05, 0.1) is 0 Å². The summed E-state index contributed by atoms with van der Waals surface area (Å²) in [6.45, 7) is 7.15. The van der Waals surface area contributed by atoms with Gasteiger partial charge < -0.3 is 15.5 Å². The third-order valence-corrected chi connectivity index (χ3v) is 3.95. The number of thiocarbonyl (C=S) groups is 1. The van der Waals surface area contributed by atoms with Crippen LogP contribution >= 0.6 is 12.2 Å². The predicted octanol–water partition coefficient (Wildman–Crippen LogP) is 4.20. The van der Waals surface area contributed by atoms with Crippen LogP contribution in [-0.2, 0) is 0 Å². The molecule has 2 aromatic rings. The Morgan fingerprint density at radius 3 is 2.39 bits per heavy atom. The zero-order chi connectivity index (χ0) is 16.5. The minimum Gasteiger partial charge on any atom is -0.372 e. The van der Waals surface area contributed by atoms with Gasteiger partial charge in [-0.2, -0.15) is 0 Å². The summed E-state index contributed by atoms with van der Waals surface area (Å²) in [5.41, 5.74) is 3.54. The Labute approximate surface area is 144 Å². The molecule has 0 spiro atoms. The summed E-state index contributed by atoms with van der Waals surface area (Å²) < 4.78 is 0. The van der Waals surface area contributed by atoms with Gasteiger partial charge >= 0.3 is 0 Å². The van der Waals surface area contributed by atoms with E-state index in [4.69, 9.17) is 12.2 Å². The quantitative estimate of drug-likeness (QED) is 0.589. The fourth-order valence-electron chi connectivity index (χ4n) is 2.39. The third kappa shape index (κ3) is 5.91. The lowest BCUT2D eigenvalue weighted by Gasteiger charge is -2.23. The molecule has 0 aliphatic carbocycles. The summed E-state index contributed by atoms with van der Waals surface area (Å²) in [4.78, 5) is 2.37. The molecule has 0 unspecified atom stereocenters. The molecule has 4 heteroatoms. The Balaban J connectivity index is 1.70. The molecule has 0 saturated heterocycles. The van der Waals surface area contributed by atoms with Crippen molar-refractivity contribution in [3.05, 3.63) is 60.2 Å². The van der Waals surface area contributed by atoms with Gasteiger partial charge in [0.25, 0.3) is 0 Å². The van der Waals surface area contributed by atoms with Gasteiger partial charge in [-0.15, -0.1) is 0 Å². The molecule has 0 amide bonds. The van der Waals surface area contributed by atoms with Gasteiger partial charge in [-0.25, -0.2) is 0 Å². The van der Waals surface area contributed by atoms with Crippen LogP contribution in [0.15, 0.2) is 54.6 Å². The Bertz CT molecular complexity index is 596. The number of aryl methyl sites for hydroxylation is 1. The summed E-state index contributed by atoms with van der Waals surface area (Å²) in [7, 11) is 0. The SMILES string of the molecule is CCN(CCCNC(=S)Nc1ccc(C)cc1)c1ccccc1. The molecule has 122 valence electrons. The smallest absolute Gasteiger partial charge is 0.170 e. The highest BCUT2D eigenvalue weighted by molar-refractivity contribution is 7.80. The van der Waals surface area contributed by atoms with Gasteiger partial charge in [-0.05, 0) is 56.8 Å². The van der Waals surface area contributed by atoms with E-state index in [0.717, 1.165) is 31.7 Å². The lowest BCUT2D eigenvalue weighted by atomic mass is 10.2. The lowest BCUT2D eigenvalue weighted by Crippen LogP contribution is -2.32. The maximum atomic E-state index is 5.33. The first-order chi connectivity index (χ1) is 11.2.